The number of imide groups is 2. The molecule has 3 aliphatic rings. The highest BCUT2D eigenvalue weighted by atomic mass is 32.2. The Kier molecular flexibility index (Phi) is 12.5. The number of carbonyl (C=O) groups is 7. The van der Waals surface area contributed by atoms with Gasteiger partial charge in [-0.3, -0.25) is 47.8 Å². The quantitative estimate of drug-likeness (QED) is 0.103. The smallest absolute Gasteiger partial charge is 0.262 e. The number of rotatable bonds is 17. The third-order valence-electron chi connectivity index (χ3n) is 10.2. The predicted octanol–water partition coefficient (Wildman–Crippen LogP) is 2.28. The summed E-state index contributed by atoms with van der Waals surface area (Å²) in [5.41, 5.74) is 1.88. The fourth-order valence-electron chi connectivity index (χ4n) is 6.91. The molecule has 7 rings (SSSR count). The number of aromatic nitrogens is 2. The number of likely N-dealkylation sites (tertiary alicyclic amines) is 1. The van der Waals surface area contributed by atoms with Crippen LogP contribution in [0.5, 0.6) is 5.75 Å². The second-order valence-electron chi connectivity index (χ2n) is 14.5. The van der Waals surface area contributed by atoms with Gasteiger partial charge in [0.25, 0.3) is 17.7 Å². The molecule has 3 aliphatic heterocycles. The van der Waals surface area contributed by atoms with Gasteiger partial charge in [-0.25, -0.2) is 13.4 Å². The number of nitrogens with one attached hydrogen (secondary N) is 3. The molecule has 0 saturated carbocycles. The van der Waals surface area contributed by atoms with Crippen LogP contribution in [-0.4, -0.2) is 120 Å². The highest BCUT2D eigenvalue weighted by molar-refractivity contribution is 7.89. The van der Waals surface area contributed by atoms with E-state index in [4.69, 9.17) is 9.47 Å². The van der Waals surface area contributed by atoms with Crippen molar-refractivity contribution in [1.29, 1.82) is 0 Å². The third-order valence-corrected chi connectivity index (χ3v) is 11.9. The Morgan fingerprint density at radius 2 is 1.77 bits per heavy atom. The monoisotopic (exact) mass is 859 g/mol. The molecule has 5 heterocycles. The largest absolute Gasteiger partial charge is 0.493 e. The predicted molar refractivity (Wildman–Crippen MR) is 215 cm³/mol. The minimum atomic E-state index is -3.62. The van der Waals surface area contributed by atoms with Crippen molar-refractivity contribution in [2.24, 2.45) is 5.92 Å². The minimum absolute atomic E-state index is 0.0274. The summed E-state index contributed by atoms with van der Waals surface area (Å²) in [4.78, 5) is 96.3. The van der Waals surface area contributed by atoms with Crippen LogP contribution < -0.4 is 20.7 Å². The van der Waals surface area contributed by atoms with Gasteiger partial charge in [-0.1, -0.05) is 30.3 Å². The number of thiazole rings is 1. The Morgan fingerprint density at radius 3 is 2.50 bits per heavy atom. The van der Waals surface area contributed by atoms with Gasteiger partial charge < -0.3 is 25.0 Å². The second-order valence-corrected chi connectivity index (χ2v) is 17.3. The Hall–Kier alpha value is -6.25. The molecule has 20 heteroatoms. The lowest BCUT2D eigenvalue weighted by molar-refractivity contribution is -0.139. The number of anilines is 1. The topological polar surface area (TPSA) is 232 Å². The van der Waals surface area contributed by atoms with Crippen molar-refractivity contribution in [3.8, 4) is 17.0 Å². The first kappa shape index (κ1) is 41.9. The molecule has 60 heavy (non-hydrogen) atoms. The van der Waals surface area contributed by atoms with Gasteiger partial charge in [0.1, 0.15) is 17.8 Å². The summed E-state index contributed by atoms with van der Waals surface area (Å²) < 4.78 is 36.4. The van der Waals surface area contributed by atoms with Crippen LogP contribution in [-0.2, 0) is 33.9 Å². The molecule has 1 unspecified atom stereocenters. The Bertz CT molecular complexity index is 2440. The number of ether oxygens (including phenoxy) is 2. The molecule has 18 nitrogen and oxygen atoms in total. The van der Waals surface area contributed by atoms with Crippen molar-refractivity contribution in [3.05, 3.63) is 89.1 Å². The van der Waals surface area contributed by atoms with Gasteiger partial charge >= 0.3 is 0 Å². The maximum absolute atomic E-state index is 13.4. The fourth-order valence-corrected chi connectivity index (χ4v) is 8.22. The van der Waals surface area contributed by atoms with Crippen molar-refractivity contribution in [2.75, 3.05) is 44.5 Å². The standard InChI is InChI=1S/C40H41N7O11S2/c1-60(55,56)46-15-13-26(21-46)35(50)41-30(36(51)44-40-42-31(23-59-40)25-6-3-2-4-7-25)14-17-57-16-5-8-34(49)45-19-24(20-45)22-58-27-9-10-28-29(18-27)39(54)47(38(28)53)32-11-12-33(48)43-37(32)52/h2-4,6-7,9-10,13,15,18,21,23-24,30,32H,5,8,11-12,14,16-17,19-20,22H2,1H3,(H,41,50)(H,42,44,51)(H,43,48,52)/t30-,32?/m0/s1. The zero-order valence-corrected chi connectivity index (χ0v) is 34.0. The zero-order chi connectivity index (χ0) is 42.6. The van der Waals surface area contributed by atoms with E-state index in [1.807, 2.05) is 30.3 Å². The number of hydrogen-bond donors (Lipinski definition) is 3. The molecule has 2 fully saturated rings. The maximum Gasteiger partial charge on any atom is 0.262 e. The molecule has 4 aromatic rings. The number of carbonyl (C=O) groups excluding carboxylic acids is 7. The molecule has 0 aliphatic carbocycles. The molecular weight excluding hydrogens is 819 g/mol. The van der Waals surface area contributed by atoms with Crippen molar-refractivity contribution < 1.29 is 51.5 Å². The van der Waals surface area contributed by atoms with E-state index >= 15 is 0 Å². The van der Waals surface area contributed by atoms with Crippen LogP contribution in [0.15, 0.2) is 72.4 Å². The number of amides is 7. The Balaban J connectivity index is 0.837. The van der Waals surface area contributed by atoms with Gasteiger partial charge in [-0.15, -0.1) is 11.3 Å². The number of piperidine rings is 1. The van der Waals surface area contributed by atoms with Crippen LogP contribution in [0, 0.1) is 5.92 Å². The lowest BCUT2D eigenvalue weighted by Crippen LogP contribution is -2.54. The molecule has 2 aromatic heterocycles. The summed E-state index contributed by atoms with van der Waals surface area (Å²) in [7, 11) is -3.62. The van der Waals surface area contributed by atoms with Crippen LogP contribution in [0.3, 0.4) is 0 Å². The molecule has 314 valence electrons. The van der Waals surface area contributed by atoms with E-state index in [0.717, 1.165) is 26.9 Å². The van der Waals surface area contributed by atoms with Crippen LogP contribution >= 0.6 is 11.3 Å². The van der Waals surface area contributed by atoms with Crippen LogP contribution in [0.4, 0.5) is 5.13 Å². The summed E-state index contributed by atoms with van der Waals surface area (Å²) in [5.74, 6) is -3.19. The van der Waals surface area contributed by atoms with Crippen molar-refractivity contribution in [1.82, 2.24) is 29.4 Å². The normalized spacial score (nSPS) is 17.2. The SMILES string of the molecule is CS(=O)(=O)n1ccc(C(=O)N[C@@H](CCOCCCC(=O)N2CC(COc3ccc4c(c3)C(=O)N(C3CCC(=O)NC3=O)C4=O)C2)C(=O)Nc2nc(-c3ccccc3)cs2)c1. The van der Waals surface area contributed by atoms with E-state index in [2.05, 4.69) is 20.9 Å². The highest BCUT2D eigenvalue weighted by Gasteiger charge is 2.45. The van der Waals surface area contributed by atoms with Crippen molar-refractivity contribution in [2.45, 2.75) is 44.2 Å². The molecule has 0 spiro atoms. The van der Waals surface area contributed by atoms with Crippen LogP contribution in [0.25, 0.3) is 11.3 Å². The molecule has 2 atom stereocenters. The first-order valence-corrected chi connectivity index (χ1v) is 21.8. The number of benzene rings is 2. The summed E-state index contributed by atoms with van der Waals surface area (Å²) in [6.45, 7) is 1.52. The highest BCUT2D eigenvalue weighted by Crippen LogP contribution is 2.31. The second kappa shape index (κ2) is 17.9. The van der Waals surface area contributed by atoms with Gasteiger partial charge in [0.05, 0.1) is 35.2 Å². The first-order chi connectivity index (χ1) is 28.7. The molecule has 2 saturated heterocycles. The Labute approximate surface area is 348 Å². The molecule has 0 radical (unpaired) electrons. The first-order valence-electron chi connectivity index (χ1n) is 19.1. The summed E-state index contributed by atoms with van der Waals surface area (Å²) in [5, 5.41) is 9.72. The lowest BCUT2D eigenvalue weighted by Gasteiger charge is -2.39. The van der Waals surface area contributed by atoms with Crippen molar-refractivity contribution in [3.63, 3.8) is 0 Å². The Morgan fingerprint density at radius 1 is 1.00 bits per heavy atom. The van der Waals surface area contributed by atoms with Crippen molar-refractivity contribution >= 4 is 67.8 Å². The van der Waals surface area contributed by atoms with Crippen LogP contribution in [0.1, 0.15) is 63.2 Å². The number of nitrogens with zero attached hydrogens (tertiary/aromatic N) is 4. The zero-order valence-electron chi connectivity index (χ0n) is 32.3. The average molecular weight is 860 g/mol. The molecule has 3 N–H and O–H groups in total. The van der Waals surface area contributed by atoms with E-state index < -0.39 is 57.6 Å². The summed E-state index contributed by atoms with van der Waals surface area (Å²) >= 11 is 1.23. The number of fused-ring (bicyclic) bond motifs is 1. The van der Waals surface area contributed by atoms with Gasteiger partial charge in [-0.05, 0) is 43.5 Å². The molecular formula is C40H41N7O11S2. The molecule has 7 amide bonds. The van der Waals surface area contributed by atoms with Gasteiger partial charge in [0, 0.05) is 68.4 Å². The molecule has 2 aromatic carbocycles. The van der Waals surface area contributed by atoms with E-state index in [0.29, 0.717) is 36.1 Å². The fraction of sp³-hybridized carbons (Fsp3) is 0.350. The molecule has 0 bridgehead atoms. The van der Waals surface area contributed by atoms with Gasteiger partial charge in [0.2, 0.25) is 33.7 Å². The average Bonchev–Trinajstić information content (AvgIpc) is 3.95. The van der Waals surface area contributed by atoms with E-state index in [1.165, 1.54) is 35.7 Å². The van der Waals surface area contributed by atoms with Gasteiger partial charge in [-0.2, -0.15) is 0 Å². The lowest BCUT2D eigenvalue weighted by atomic mass is 10.0. The summed E-state index contributed by atoms with van der Waals surface area (Å²) in [6.07, 6.45) is 4.21. The summed E-state index contributed by atoms with van der Waals surface area (Å²) in [6, 6.07) is 13.2. The van der Waals surface area contributed by atoms with Crippen LogP contribution in [0.2, 0.25) is 0 Å². The van der Waals surface area contributed by atoms with E-state index in [-0.39, 0.29) is 74.0 Å². The third kappa shape index (κ3) is 9.61. The maximum atomic E-state index is 13.4. The van der Waals surface area contributed by atoms with E-state index in [1.54, 1.807) is 16.3 Å². The number of hydrogen-bond acceptors (Lipinski definition) is 13. The minimum Gasteiger partial charge on any atom is -0.493 e. The van der Waals surface area contributed by atoms with E-state index in [9.17, 15) is 42.0 Å². The van der Waals surface area contributed by atoms with Gasteiger partial charge in [0.15, 0.2) is 5.13 Å².